The van der Waals surface area contributed by atoms with Crippen LogP contribution in [0.5, 0.6) is 0 Å². The lowest BCUT2D eigenvalue weighted by Crippen LogP contribution is -2.24. The minimum Gasteiger partial charge on any atom is -0.448 e. The van der Waals surface area contributed by atoms with Crippen molar-refractivity contribution in [1.82, 2.24) is 10.3 Å². The molecule has 2 heterocycles. The van der Waals surface area contributed by atoms with Crippen LogP contribution in [0.2, 0.25) is 5.22 Å². The van der Waals surface area contributed by atoms with Crippen LogP contribution in [0.1, 0.15) is 29.9 Å². The van der Waals surface area contributed by atoms with Crippen LogP contribution in [-0.2, 0) is 6.18 Å². The van der Waals surface area contributed by atoms with Crippen LogP contribution in [0.25, 0.3) is 0 Å². The van der Waals surface area contributed by atoms with Crippen LogP contribution < -0.4 is 5.32 Å². The van der Waals surface area contributed by atoms with Gasteiger partial charge in [0.2, 0.25) is 0 Å². The fourth-order valence-corrected chi connectivity index (χ4v) is 2.10. The number of furan rings is 1. The van der Waals surface area contributed by atoms with E-state index in [2.05, 4.69) is 10.3 Å². The summed E-state index contributed by atoms with van der Waals surface area (Å²) in [5.41, 5.74) is -0.737. The van der Waals surface area contributed by atoms with Gasteiger partial charge in [0.25, 0.3) is 0 Å². The Labute approximate surface area is 118 Å². The Balaban J connectivity index is 2.50. The first kappa shape index (κ1) is 14.9. The molecule has 1 N–H and O–H groups in total. The van der Waals surface area contributed by atoms with Crippen LogP contribution in [0, 0.1) is 0 Å². The Morgan fingerprint density at radius 3 is 2.65 bits per heavy atom. The minimum atomic E-state index is -4.46. The van der Waals surface area contributed by atoms with E-state index < -0.39 is 17.8 Å². The third-order valence-electron chi connectivity index (χ3n) is 2.76. The molecule has 0 fully saturated rings. The van der Waals surface area contributed by atoms with Crippen LogP contribution in [0.15, 0.2) is 35.0 Å². The normalized spacial score (nSPS) is 13.4. The lowest BCUT2D eigenvalue weighted by Gasteiger charge is -2.20. The quantitative estimate of drug-likeness (QED) is 0.926. The molecule has 3 nitrogen and oxygen atoms in total. The molecule has 0 bridgehead atoms. The lowest BCUT2D eigenvalue weighted by atomic mass is 10.0. The largest absolute Gasteiger partial charge is 0.448 e. The molecule has 0 spiro atoms. The van der Waals surface area contributed by atoms with Gasteiger partial charge in [0.15, 0.2) is 5.22 Å². The van der Waals surface area contributed by atoms with Crippen molar-refractivity contribution >= 4 is 11.6 Å². The fraction of sp³-hybridized carbons (Fsp3) is 0.308. The van der Waals surface area contributed by atoms with Gasteiger partial charge < -0.3 is 9.73 Å². The molecular formula is C13H12ClF3N2O. The van der Waals surface area contributed by atoms with E-state index in [4.69, 9.17) is 16.0 Å². The maximum absolute atomic E-state index is 13.1. The molecule has 0 saturated carbocycles. The molecule has 0 aliphatic rings. The maximum atomic E-state index is 13.1. The molecule has 0 radical (unpaired) electrons. The second kappa shape index (κ2) is 5.85. The fourth-order valence-electron chi connectivity index (χ4n) is 1.95. The molecule has 1 atom stereocenters. The van der Waals surface area contributed by atoms with Gasteiger partial charge in [-0.2, -0.15) is 13.2 Å². The van der Waals surface area contributed by atoms with Crippen molar-refractivity contribution in [2.45, 2.75) is 19.1 Å². The van der Waals surface area contributed by atoms with Crippen molar-refractivity contribution in [3.63, 3.8) is 0 Å². The van der Waals surface area contributed by atoms with Crippen LogP contribution in [0.4, 0.5) is 13.2 Å². The van der Waals surface area contributed by atoms with E-state index in [1.165, 1.54) is 12.3 Å². The Morgan fingerprint density at radius 1 is 1.35 bits per heavy atom. The van der Waals surface area contributed by atoms with Gasteiger partial charge >= 0.3 is 6.18 Å². The SMILES string of the molecule is CCNC(c1ccc(Cl)o1)c1cnccc1C(F)(F)F. The van der Waals surface area contributed by atoms with Crippen molar-refractivity contribution in [2.24, 2.45) is 0 Å². The third kappa shape index (κ3) is 3.13. The maximum Gasteiger partial charge on any atom is 0.416 e. The van der Waals surface area contributed by atoms with Gasteiger partial charge in [-0.3, -0.25) is 4.98 Å². The number of aromatic nitrogens is 1. The van der Waals surface area contributed by atoms with Crippen molar-refractivity contribution in [3.05, 3.63) is 52.7 Å². The topological polar surface area (TPSA) is 38.1 Å². The summed E-state index contributed by atoms with van der Waals surface area (Å²) < 4.78 is 44.4. The van der Waals surface area contributed by atoms with E-state index >= 15 is 0 Å². The molecule has 0 aromatic carbocycles. The average molecular weight is 305 g/mol. The summed E-state index contributed by atoms with van der Waals surface area (Å²) in [4.78, 5) is 3.78. The lowest BCUT2D eigenvalue weighted by molar-refractivity contribution is -0.138. The summed E-state index contributed by atoms with van der Waals surface area (Å²) in [6.45, 7) is 2.26. The third-order valence-corrected chi connectivity index (χ3v) is 2.96. The number of hydrogen-bond acceptors (Lipinski definition) is 3. The summed E-state index contributed by atoms with van der Waals surface area (Å²) >= 11 is 5.69. The zero-order valence-electron chi connectivity index (χ0n) is 10.5. The highest BCUT2D eigenvalue weighted by Crippen LogP contribution is 2.36. The summed E-state index contributed by atoms with van der Waals surface area (Å²) in [7, 11) is 0. The van der Waals surface area contributed by atoms with Crippen molar-refractivity contribution in [2.75, 3.05) is 6.54 Å². The summed E-state index contributed by atoms with van der Waals surface area (Å²) in [6.07, 6.45) is -2.15. The first-order valence-corrected chi connectivity index (χ1v) is 6.31. The highest BCUT2D eigenvalue weighted by Gasteiger charge is 2.36. The molecule has 0 aliphatic carbocycles. The van der Waals surface area contributed by atoms with Gasteiger partial charge in [0, 0.05) is 18.0 Å². The zero-order valence-corrected chi connectivity index (χ0v) is 11.3. The summed E-state index contributed by atoms with van der Waals surface area (Å²) in [6, 6.07) is 3.23. The molecule has 0 aliphatic heterocycles. The molecule has 2 rings (SSSR count). The van der Waals surface area contributed by atoms with E-state index in [0.717, 1.165) is 12.3 Å². The van der Waals surface area contributed by atoms with Crippen LogP contribution in [-0.4, -0.2) is 11.5 Å². The Hall–Kier alpha value is -1.53. The van der Waals surface area contributed by atoms with E-state index in [1.54, 1.807) is 13.0 Å². The van der Waals surface area contributed by atoms with Gasteiger partial charge in [0.1, 0.15) is 5.76 Å². The second-order valence-corrected chi connectivity index (χ2v) is 4.47. The van der Waals surface area contributed by atoms with Crippen LogP contribution >= 0.6 is 11.6 Å². The van der Waals surface area contributed by atoms with E-state index in [9.17, 15) is 13.2 Å². The summed E-state index contributed by atoms with van der Waals surface area (Å²) in [5, 5.41) is 3.07. The molecular weight excluding hydrogens is 293 g/mol. The van der Waals surface area contributed by atoms with E-state index in [1.807, 2.05) is 0 Å². The highest BCUT2D eigenvalue weighted by atomic mass is 35.5. The van der Waals surface area contributed by atoms with E-state index in [-0.39, 0.29) is 10.8 Å². The number of nitrogens with zero attached hydrogens (tertiary/aromatic N) is 1. The number of hydrogen-bond donors (Lipinski definition) is 1. The average Bonchev–Trinajstić information content (AvgIpc) is 2.81. The molecule has 2 aromatic rings. The van der Waals surface area contributed by atoms with Gasteiger partial charge in [0.05, 0.1) is 11.6 Å². The van der Waals surface area contributed by atoms with Crippen LogP contribution in [0.3, 0.4) is 0 Å². The first-order chi connectivity index (χ1) is 9.43. The number of pyridine rings is 1. The van der Waals surface area contributed by atoms with Gasteiger partial charge in [-0.25, -0.2) is 0 Å². The molecule has 1 unspecified atom stereocenters. The Bertz CT molecular complexity index is 583. The molecule has 20 heavy (non-hydrogen) atoms. The highest BCUT2D eigenvalue weighted by molar-refractivity contribution is 6.28. The summed E-state index contributed by atoms with van der Waals surface area (Å²) in [5.74, 6) is 0.315. The van der Waals surface area contributed by atoms with Gasteiger partial charge in [-0.1, -0.05) is 6.92 Å². The number of rotatable bonds is 4. The predicted molar refractivity (Wildman–Crippen MR) is 68.5 cm³/mol. The smallest absolute Gasteiger partial charge is 0.416 e. The molecule has 108 valence electrons. The number of halogens is 4. The van der Waals surface area contributed by atoms with Crippen molar-refractivity contribution in [1.29, 1.82) is 0 Å². The Kier molecular flexibility index (Phi) is 4.35. The number of nitrogens with one attached hydrogen (secondary N) is 1. The predicted octanol–water partition coefficient (Wildman–Crippen LogP) is 4.05. The zero-order chi connectivity index (χ0) is 14.8. The molecule has 2 aromatic heterocycles. The van der Waals surface area contributed by atoms with Gasteiger partial charge in [-0.15, -0.1) is 0 Å². The first-order valence-electron chi connectivity index (χ1n) is 5.93. The van der Waals surface area contributed by atoms with E-state index in [0.29, 0.717) is 12.3 Å². The second-order valence-electron chi connectivity index (χ2n) is 4.09. The monoisotopic (exact) mass is 304 g/mol. The standard InChI is InChI=1S/C13H12ClF3N2O/c1-2-19-12(10-3-4-11(14)20-10)8-7-18-6-5-9(8)13(15,16)17/h3-7,12,19H,2H2,1H3. The molecule has 0 amide bonds. The minimum absolute atomic E-state index is 0.00728. The van der Waals surface area contributed by atoms with Crippen molar-refractivity contribution < 1.29 is 17.6 Å². The van der Waals surface area contributed by atoms with Gasteiger partial charge in [-0.05, 0) is 36.3 Å². The molecule has 7 heteroatoms. The Morgan fingerprint density at radius 2 is 2.10 bits per heavy atom. The number of alkyl halides is 3. The van der Waals surface area contributed by atoms with Crippen molar-refractivity contribution in [3.8, 4) is 0 Å². The molecule has 0 saturated heterocycles.